The fourth-order valence-corrected chi connectivity index (χ4v) is 4.89. The van der Waals surface area contributed by atoms with E-state index in [-0.39, 0.29) is 42.2 Å². The second-order valence-electron chi connectivity index (χ2n) is 8.58. The van der Waals surface area contributed by atoms with Gasteiger partial charge in [0.2, 0.25) is 5.91 Å². The second kappa shape index (κ2) is 12.7. The highest BCUT2D eigenvalue weighted by atomic mass is 32.2. The zero-order valence-electron chi connectivity index (χ0n) is 19.0. The molecule has 0 spiro atoms. The highest BCUT2D eigenvalue weighted by Gasteiger charge is 2.28. The average molecular weight is 485 g/mol. The Kier molecular flexibility index (Phi) is 9.64. The molecule has 2 aromatic carbocycles. The van der Waals surface area contributed by atoms with E-state index in [9.17, 15) is 19.5 Å². The number of nitrogens with two attached hydrogens (primary N) is 2. The molecule has 1 fully saturated rings. The van der Waals surface area contributed by atoms with Crippen molar-refractivity contribution in [1.29, 1.82) is 0 Å². The van der Waals surface area contributed by atoms with Gasteiger partial charge in [-0.1, -0.05) is 42.5 Å². The Bertz CT molecular complexity index is 971. The SMILES string of the molecule is NC1CSCC(CC(=O)[C@@H](N)Cc2ccc(O)cc2)NCC(=O)N[C@@H](Cc2ccccc2)C1=O. The highest BCUT2D eigenvalue weighted by Crippen LogP contribution is 2.15. The first-order valence-electron chi connectivity index (χ1n) is 11.3. The van der Waals surface area contributed by atoms with Crippen LogP contribution in [0, 0.1) is 0 Å². The quantitative estimate of drug-likeness (QED) is 0.383. The van der Waals surface area contributed by atoms with E-state index in [0.717, 1.165) is 11.1 Å². The molecule has 1 aliphatic heterocycles. The molecule has 34 heavy (non-hydrogen) atoms. The number of hydrogen-bond donors (Lipinski definition) is 5. The number of Topliss-reactive ketones (excluding diaryl/α,β-unsaturated/α-hetero) is 2. The summed E-state index contributed by atoms with van der Waals surface area (Å²) in [6.45, 7) is -0.0144. The molecule has 0 aliphatic carbocycles. The van der Waals surface area contributed by atoms with Gasteiger partial charge in [-0.15, -0.1) is 0 Å². The van der Waals surface area contributed by atoms with E-state index in [1.165, 1.54) is 11.8 Å². The maximum atomic E-state index is 12.9. The van der Waals surface area contributed by atoms with Crippen LogP contribution in [0.3, 0.4) is 0 Å². The molecular weight excluding hydrogens is 452 g/mol. The molecule has 8 nitrogen and oxygen atoms in total. The maximum absolute atomic E-state index is 12.9. The van der Waals surface area contributed by atoms with E-state index in [0.29, 0.717) is 24.3 Å². The lowest BCUT2D eigenvalue weighted by Crippen LogP contribution is -2.52. The van der Waals surface area contributed by atoms with Gasteiger partial charge in [-0.05, 0) is 36.1 Å². The van der Waals surface area contributed by atoms with Crippen LogP contribution in [0.5, 0.6) is 5.75 Å². The van der Waals surface area contributed by atoms with Crippen LogP contribution in [0.15, 0.2) is 54.6 Å². The fourth-order valence-electron chi connectivity index (χ4n) is 3.82. The first-order chi connectivity index (χ1) is 16.3. The molecule has 0 bridgehead atoms. The summed E-state index contributed by atoms with van der Waals surface area (Å²) in [5.74, 6) is 0.433. The minimum Gasteiger partial charge on any atom is -0.508 e. The second-order valence-corrected chi connectivity index (χ2v) is 9.66. The zero-order valence-corrected chi connectivity index (χ0v) is 19.8. The summed E-state index contributed by atoms with van der Waals surface area (Å²) in [6.07, 6.45) is 0.897. The molecule has 182 valence electrons. The molecule has 2 unspecified atom stereocenters. The number of ketones is 2. The summed E-state index contributed by atoms with van der Waals surface area (Å²) in [6, 6.07) is 13.7. The van der Waals surface area contributed by atoms with Crippen molar-refractivity contribution in [2.75, 3.05) is 18.1 Å². The van der Waals surface area contributed by atoms with Gasteiger partial charge < -0.3 is 27.2 Å². The van der Waals surface area contributed by atoms with Crippen LogP contribution in [0.2, 0.25) is 0 Å². The zero-order chi connectivity index (χ0) is 24.5. The Morgan fingerprint density at radius 3 is 2.47 bits per heavy atom. The minimum atomic E-state index is -0.717. The molecule has 0 saturated carbocycles. The van der Waals surface area contributed by atoms with Crippen molar-refractivity contribution < 1.29 is 19.5 Å². The summed E-state index contributed by atoms with van der Waals surface area (Å²) >= 11 is 1.48. The molecule has 3 rings (SSSR count). The number of thioether (sulfide) groups is 1. The van der Waals surface area contributed by atoms with Gasteiger partial charge in [-0.25, -0.2) is 0 Å². The van der Waals surface area contributed by atoms with Gasteiger partial charge in [0.05, 0.1) is 24.7 Å². The van der Waals surface area contributed by atoms with E-state index in [2.05, 4.69) is 10.6 Å². The molecule has 1 amide bonds. The lowest BCUT2D eigenvalue weighted by atomic mass is 9.98. The van der Waals surface area contributed by atoms with Crippen molar-refractivity contribution >= 4 is 29.2 Å². The molecule has 7 N–H and O–H groups in total. The number of nitrogens with one attached hydrogen (secondary N) is 2. The third-order valence-corrected chi connectivity index (χ3v) is 6.98. The molecule has 2 aromatic rings. The highest BCUT2D eigenvalue weighted by molar-refractivity contribution is 7.99. The van der Waals surface area contributed by atoms with Gasteiger partial charge in [0, 0.05) is 24.0 Å². The van der Waals surface area contributed by atoms with Gasteiger partial charge in [-0.3, -0.25) is 14.4 Å². The Balaban J connectivity index is 1.60. The van der Waals surface area contributed by atoms with Crippen LogP contribution in [-0.4, -0.2) is 64.8 Å². The van der Waals surface area contributed by atoms with Crippen molar-refractivity contribution in [3.05, 3.63) is 65.7 Å². The monoisotopic (exact) mass is 484 g/mol. The van der Waals surface area contributed by atoms with Gasteiger partial charge in [-0.2, -0.15) is 11.8 Å². The standard InChI is InChI=1S/C25H32N4O4S/c26-20(10-17-6-8-19(30)9-7-17)23(31)12-18-14-34-15-21(27)25(33)22(29-24(32)13-28-18)11-16-4-2-1-3-5-16/h1-9,18,20-22,28,30H,10-15,26-27H2,(H,29,32)/t18?,20-,21?,22-/m0/s1. The van der Waals surface area contributed by atoms with Crippen molar-refractivity contribution in [3.63, 3.8) is 0 Å². The van der Waals surface area contributed by atoms with Gasteiger partial charge >= 0.3 is 0 Å². The van der Waals surface area contributed by atoms with E-state index >= 15 is 0 Å². The molecule has 0 aromatic heterocycles. The summed E-state index contributed by atoms with van der Waals surface area (Å²) in [4.78, 5) is 38.3. The predicted octanol–water partition coefficient (Wildman–Crippen LogP) is 0.550. The van der Waals surface area contributed by atoms with Crippen LogP contribution >= 0.6 is 11.8 Å². The van der Waals surface area contributed by atoms with E-state index in [4.69, 9.17) is 11.5 Å². The van der Waals surface area contributed by atoms with Crippen molar-refractivity contribution in [1.82, 2.24) is 10.6 Å². The van der Waals surface area contributed by atoms with E-state index < -0.39 is 18.1 Å². The van der Waals surface area contributed by atoms with Crippen molar-refractivity contribution in [2.45, 2.75) is 43.4 Å². The predicted molar refractivity (Wildman–Crippen MR) is 134 cm³/mol. The average Bonchev–Trinajstić information content (AvgIpc) is 2.84. The topological polar surface area (TPSA) is 148 Å². The number of rotatable bonds is 7. The number of hydrogen-bond acceptors (Lipinski definition) is 8. The number of carbonyl (C=O) groups is 3. The Hall–Kier alpha value is -2.72. The smallest absolute Gasteiger partial charge is 0.234 e. The number of carbonyl (C=O) groups excluding carboxylic acids is 3. The lowest BCUT2D eigenvalue weighted by molar-refractivity contribution is -0.127. The normalized spacial score (nSPS) is 22.9. The molecule has 1 saturated heterocycles. The summed E-state index contributed by atoms with van der Waals surface area (Å²) < 4.78 is 0. The molecule has 1 aliphatic rings. The van der Waals surface area contributed by atoms with Crippen LogP contribution in [0.4, 0.5) is 0 Å². The third-order valence-electron chi connectivity index (χ3n) is 5.75. The van der Waals surface area contributed by atoms with Gasteiger partial charge in [0.15, 0.2) is 11.6 Å². The summed E-state index contributed by atoms with van der Waals surface area (Å²) in [7, 11) is 0. The van der Waals surface area contributed by atoms with Crippen LogP contribution in [0.1, 0.15) is 17.5 Å². The third kappa shape index (κ3) is 7.95. The first kappa shape index (κ1) is 25.9. The van der Waals surface area contributed by atoms with Gasteiger partial charge in [0.25, 0.3) is 0 Å². The van der Waals surface area contributed by atoms with Crippen LogP contribution in [-0.2, 0) is 27.2 Å². The summed E-state index contributed by atoms with van der Waals surface area (Å²) in [5, 5.41) is 15.4. The maximum Gasteiger partial charge on any atom is 0.234 e. The number of benzene rings is 2. The number of phenolic OH excluding ortho intramolecular Hbond substituents is 1. The minimum absolute atomic E-state index is 0.0144. The Labute approximate surface area is 203 Å². The molecule has 4 atom stereocenters. The molecular formula is C25H32N4O4S. The fraction of sp³-hybridized carbons (Fsp3) is 0.400. The molecule has 0 radical (unpaired) electrons. The first-order valence-corrected chi connectivity index (χ1v) is 12.5. The Morgan fingerprint density at radius 1 is 1.06 bits per heavy atom. The lowest BCUT2D eigenvalue weighted by Gasteiger charge is -2.21. The number of aromatic hydroxyl groups is 1. The number of amides is 1. The number of phenols is 1. The van der Waals surface area contributed by atoms with Crippen molar-refractivity contribution in [3.8, 4) is 5.75 Å². The molecule has 1 heterocycles. The Morgan fingerprint density at radius 2 is 1.76 bits per heavy atom. The van der Waals surface area contributed by atoms with Crippen molar-refractivity contribution in [2.24, 2.45) is 11.5 Å². The molecule has 9 heteroatoms. The van der Waals surface area contributed by atoms with E-state index in [1.807, 2.05) is 30.3 Å². The van der Waals surface area contributed by atoms with Gasteiger partial charge in [0.1, 0.15) is 5.75 Å². The van der Waals surface area contributed by atoms with Crippen LogP contribution < -0.4 is 22.1 Å². The van der Waals surface area contributed by atoms with Crippen LogP contribution in [0.25, 0.3) is 0 Å². The van der Waals surface area contributed by atoms with E-state index in [1.54, 1.807) is 24.3 Å². The largest absolute Gasteiger partial charge is 0.508 e. The summed E-state index contributed by atoms with van der Waals surface area (Å²) in [5.41, 5.74) is 14.1.